The summed E-state index contributed by atoms with van der Waals surface area (Å²) in [4.78, 5) is -0.429. The van der Waals surface area contributed by atoms with Crippen molar-refractivity contribution in [2.24, 2.45) is 0 Å². The van der Waals surface area contributed by atoms with Crippen LogP contribution in [0.2, 0.25) is 0 Å². The van der Waals surface area contributed by atoms with Crippen LogP contribution in [-0.2, 0) is 20.0 Å². The van der Waals surface area contributed by atoms with Gasteiger partial charge in [-0.3, -0.25) is 0 Å². The second-order valence-electron chi connectivity index (χ2n) is 7.31. The quantitative estimate of drug-likeness (QED) is 0.576. The first kappa shape index (κ1) is 19.8. The number of rotatable bonds is 2. The summed E-state index contributed by atoms with van der Waals surface area (Å²) in [6.07, 6.45) is 0. The molecular formula is C22H20NO4S2-. The summed E-state index contributed by atoms with van der Waals surface area (Å²) in [5, 5.41) is 0. The van der Waals surface area contributed by atoms with Crippen molar-refractivity contribution < 1.29 is 16.8 Å². The third-order valence-electron chi connectivity index (χ3n) is 5.51. The highest BCUT2D eigenvalue weighted by atomic mass is 32.3. The van der Waals surface area contributed by atoms with Crippen LogP contribution in [0.15, 0.2) is 58.3 Å². The molecule has 0 unspecified atom stereocenters. The highest BCUT2D eigenvalue weighted by Gasteiger charge is 2.37. The zero-order valence-electron chi connectivity index (χ0n) is 16.5. The first-order chi connectivity index (χ1) is 13.6. The summed E-state index contributed by atoms with van der Waals surface area (Å²) < 4.78 is 55.1. The van der Waals surface area contributed by atoms with Crippen molar-refractivity contribution in [3.8, 4) is 22.3 Å². The average molecular weight is 427 g/mol. The molecule has 0 atom stereocenters. The number of hydrogen-bond donors (Lipinski definition) is 0. The fraction of sp³-hybridized carbons (Fsp3) is 0.182. The largest absolute Gasteiger partial charge is 0.427 e. The Morgan fingerprint density at radius 3 is 1.28 bits per heavy atom. The lowest BCUT2D eigenvalue weighted by atomic mass is 9.88. The summed E-state index contributed by atoms with van der Waals surface area (Å²) in [5.74, 6) is 0. The van der Waals surface area contributed by atoms with Gasteiger partial charge in [-0.1, -0.05) is 48.5 Å². The Hall–Kier alpha value is -2.48. The van der Waals surface area contributed by atoms with E-state index in [9.17, 15) is 16.8 Å². The van der Waals surface area contributed by atoms with Crippen molar-refractivity contribution >= 4 is 20.0 Å². The number of benzene rings is 3. The Bertz CT molecular complexity index is 1280. The molecule has 7 heteroatoms. The molecule has 0 radical (unpaired) electrons. The Morgan fingerprint density at radius 1 is 0.586 bits per heavy atom. The van der Waals surface area contributed by atoms with Gasteiger partial charge in [-0.25, -0.2) is 16.8 Å². The monoisotopic (exact) mass is 426 g/mol. The molecule has 3 aromatic carbocycles. The van der Waals surface area contributed by atoms with Gasteiger partial charge in [-0.05, 0) is 61.1 Å². The van der Waals surface area contributed by atoms with Crippen molar-refractivity contribution in [1.29, 1.82) is 0 Å². The van der Waals surface area contributed by atoms with E-state index in [4.69, 9.17) is 0 Å². The van der Waals surface area contributed by atoms with E-state index in [2.05, 4.69) is 4.13 Å². The molecule has 1 aliphatic rings. The molecule has 0 spiro atoms. The maximum absolute atomic E-state index is 13.0. The van der Waals surface area contributed by atoms with Gasteiger partial charge in [0.15, 0.2) is 0 Å². The second kappa shape index (κ2) is 6.52. The van der Waals surface area contributed by atoms with Crippen molar-refractivity contribution in [3.05, 3.63) is 74.9 Å². The molecule has 0 saturated heterocycles. The summed E-state index contributed by atoms with van der Waals surface area (Å²) >= 11 is 0. The smallest absolute Gasteiger partial charge is 0.114 e. The van der Waals surface area contributed by atoms with Gasteiger partial charge in [0, 0.05) is 11.1 Å². The van der Waals surface area contributed by atoms with Crippen LogP contribution in [0.25, 0.3) is 26.4 Å². The molecule has 1 heterocycles. The van der Waals surface area contributed by atoms with Gasteiger partial charge in [0.05, 0.1) is 9.79 Å². The van der Waals surface area contributed by atoms with Crippen LogP contribution in [0.4, 0.5) is 0 Å². The highest BCUT2D eigenvalue weighted by molar-refractivity contribution is 8.14. The van der Waals surface area contributed by atoms with E-state index >= 15 is 0 Å². The number of aryl methyl sites for hydroxylation is 2. The molecule has 5 nitrogen and oxygen atoms in total. The molecule has 0 bridgehead atoms. The molecule has 3 aromatic rings. The molecular weight excluding hydrogens is 406 g/mol. The Balaban J connectivity index is 2.29. The van der Waals surface area contributed by atoms with Crippen molar-refractivity contribution in [2.75, 3.05) is 0 Å². The van der Waals surface area contributed by atoms with E-state index in [0.29, 0.717) is 22.3 Å². The van der Waals surface area contributed by atoms with Gasteiger partial charge in [0.25, 0.3) is 0 Å². The number of hydrogen-bond acceptors (Lipinski definition) is 4. The SMILES string of the molecule is Cc1ccccc1-c1c(C)c(C)c(-c2ccccc2C)c2c1S(=O)(=O)[N-]S2(=O)=O. The summed E-state index contributed by atoms with van der Waals surface area (Å²) in [6.45, 7) is 7.41. The molecule has 0 amide bonds. The molecule has 29 heavy (non-hydrogen) atoms. The van der Waals surface area contributed by atoms with E-state index in [1.807, 2.05) is 76.2 Å². The average Bonchev–Trinajstić information content (AvgIpc) is 2.83. The van der Waals surface area contributed by atoms with Gasteiger partial charge in [0.1, 0.15) is 20.0 Å². The minimum absolute atomic E-state index is 0.215. The summed E-state index contributed by atoms with van der Waals surface area (Å²) in [5.41, 5.74) is 5.39. The fourth-order valence-electron chi connectivity index (χ4n) is 3.99. The van der Waals surface area contributed by atoms with Crippen LogP contribution in [0.5, 0.6) is 0 Å². The zero-order valence-corrected chi connectivity index (χ0v) is 18.1. The van der Waals surface area contributed by atoms with Crippen LogP contribution in [-0.4, -0.2) is 16.8 Å². The molecule has 0 N–H and O–H groups in total. The van der Waals surface area contributed by atoms with Gasteiger partial charge < -0.3 is 4.13 Å². The maximum Gasteiger partial charge on any atom is 0.114 e. The van der Waals surface area contributed by atoms with Crippen LogP contribution in [0.3, 0.4) is 0 Å². The maximum atomic E-state index is 13.0. The van der Waals surface area contributed by atoms with E-state index in [1.165, 1.54) is 0 Å². The van der Waals surface area contributed by atoms with Gasteiger partial charge in [0.2, 0.25) is 0 Å². The first-order valence-corrected chi connectivity index (χ1v) is 12.0. The van der Waals surface area contributed by atoms with Crippen LogP contribution < -0.4 is 0 Å². The Labute approximate surface area is 171 Å². The molecule has 1 aliphatic heterocycles. The standard InChI is InChI=1S/C22H20NO4S2/c1-13-9-5-7-11-17(13)19-15(3)16(4)20(18-12-8-6-10-14(18)2)22-21(19)28(24,25)23-29(22,26)27/h5-12H,1-4H3/q-1. The third kappa shape index (κ3) is 2.92. The predicted octanol–water partition coefficient (Wildman–Crippen LogP) is 5.02. The molecule has 0 aromatic heterocycles. The predicted molar refractivity (Wildman–Crippen MR) is 114 cm³/mol. The van der Waals surface area contributed by atoms with Gasteiger partial charge >= 0.3 is 0 Å². The third-order valence-corrected chi connectivity index (χ3v) is 9.06. The lowest BCUT2D eigenvalue weighted by Crippen LogP contribution is -2.05. The molecule has 0 saturated carbocycles. The van der Waals surface area contributed by atoms with E-state index in [-0.39, 0.29) is 9.79 Å². The number of fused-ring (bicyclic) bond motifs is 1. The Morgan fingerprint density at radius 2 is 0.931 bits per heavy atom. The van der Waals surface area contributed by atoms with E-state index in [0.717, 1.165) is 22.3 Å². The van der Waals surface area contributed by atoms with E-state index < -0.39 is 20.0 Å². The molecule has 4 rings (SSSR count). The van der Waals surface area contributed by atoms with Crippen molar-refractivity contribution in [3.63, 3.8) is 0 Å². The van der Waals surface area contributed by atoms with E-state index in [1.54, 1.807) is 0 Å². The second-order valence-corrected chi connectivity index (χ2v) is 10.6. The van der Waals surface area contributed by atoms with Crippen LogP contribution >= 0.6 is 0 Å². The minimum atomic E-state index is -4.35. The summed E-state index contributed by atoms with van der Waals surface area (Å²) in [7, 11) is -8.71. The molecule has 0 fully saturated rings. The normalized spacial score (nSPS) is 16.6. The number of sulfonamides is 2. The lowest BCUT2D eigenvalue weighted by Gasteiger charge is -2.22. The first-order valence-electron chi connectivity index (χ1n) is 9.09. The van der Waals surface area contributed by atoms with Crippen molar-refractivity contribution in [1.82, 2.24) is 0 Å². The van der Waals surface area contributed by atoms with Gasteiger partial charge in [-0.15, -0.1) is 0 Å². The fourth-order valence-corrected chi connectivity index (χ4v) is 7.97. The zero-order chi connectivity index (χ0) is 21.1. The molecule has 0 aliphatic carbocycles. The number of nitrogens with zero attached hydrogens (tertiary/aromatic N) is 1. The highest BCUT2D eigenvalue weighted by Crippen LogP contribution is 2.52. The van der Waals surface area contributed by atoms with Gasteiger partial charge in [-0.2, -0.15) is 0 Å². The topological polar surface area (TPSA) is 82.4 Å². The van der Waals surface area contributed by atoms with Crippen LogP contribution in [0, 0.1) is 27.7 Å². The molecule has 150 valence electrons. The Kier molecular flexibility index (Phi) is 4.45. The van der Waals surface area contributed by atoms with Crippen molar-refractivity contribution in [2.45, 2.75) is 37.5 Å². The lowest BCUT2D eigenvalue weighted by molar-refractivity contribution is 0.603. The van der Waals surface area contributed by atoms with Crippen LogP contribution in [0.1, 0.15) is 22.3 Å². The summed E-state index contributed by atoms with van der Waals surface area (Å²) in [6, 6.07) is 14.7. The minimum Gasteiger partial charge on any atom is -0.427 e.